The largest absolute Gasteiger partial charge is 0.377 e. The van der Waals surface area contributed by atoms with Crippen molar-refractivity contribution in [2.45, 2.75) is 32.0 Å². The van der Waals surface area contributed by atoms with E-state index in [1.54, 1.807) is 7.11 Å². The summed E-state index contributed by atoms with van der Waals surface area (Å²) in [4.78, 5) is 6.44. The van der Waals surface area contributed by atoms with Gasteiger partial charge in [0.2, 0.25) is 15.9 Å². The Hall–Kier alpha value is -1.03. The topological polar surface area (TPSA) is 97.6 Å². The van der Waals surface area contributed by atoms with E-state index in [0.717, 1.165) is 6.54 Å². The van der Waals surface area contributed by atoms with Crippen LogP contribution >= 0.6 is 0 Å². The Bertz CT molecular complexity index is 613. The van der Waals surface area contributed by atoms with Crippen LogP contribution in [0.15, 0.2) is 4.52 Å². The monoisotopic (exact) mass is 330 g/mol. The zero-order chi connectivity index (χ0) is 15.7. The quantitative estimate of drug-likeness (QED) is 0.750. The molecule has 124 valence electrons. The lowest BCUT2D eigenvalue weighted by molar-refractivity contribution is 0.174. The second-order valence-electron chi connectivity index (χ2n) is 6.23. The fourth-order valence-corrected chi connectivity index (χ4v) is 3.98. The lowest BCUT2D eigenvalue weighted by Gasteiger charge is -2.17. The van der Waals surface area contributed by atoms with Crippen LogP contribution in [0, 0.1) is 11.8 Å². The van der Waals surface area contributed by atoms with E-state index in [1.165, 1.54) is 19.1 Å². The van der Waals surface area contributed by atoms with E-state index in [2.05, 4.69) is 19.8 Å². The summed E-state index contributed by atoms with van der Waals surface area (Å²) in [5.41, 5.74) is 0. The van der Waals surface area contributed by atoms with Crippen LogP contribution in [0.1, 0.15) is 24.6 Å². The van der Waals surface area contributed by atoms with Gasteiger partial charge in [-0.15, -0.1) is 0 Å². The third-order valence-corrected chi connectivity index (χ3v) is 4.91. The van der Waals surface area contributed by atoms with Gasteiger partial charge in [-0.05, 0) is 24.7 Å². The van der Waals surface area contributed by atoms with Crippen LogP contribution in [0.2, 0.25) is 0 Å². The Morgan fingerprint density at radius 2 is 2.18 bits per heavy atom. The molecule has 1 aliphatic carbocycles. The number of hydrogen-bond donors (Lipinski definition) is 1. The van der Waals surface area contributed by atoms with Crippen molar-refractivity contribution in [3.8, 4) is 0 Å². The Morgan fingerprint density at radius 3 is 2.82 bits per heavy atom. The second kappa shape index (κ2) is 6.23. The minimum Gasteiger partial charge on any atom is -0.377 e. The maximum atomic E-state index is 11.5. The van der Waals surface area contributed by atoms with Crippen molar-refractivity contribution >= 4 is 10.0 Å². The van der Waals surface area contributed by atoms with Gasteiger partial charge in [0.25, 0.3) is 0 Å². The number of sulfonamides is 1. The average molecular weight is 330 g/mol. The van der Waals surface area contributed by atoms with Crippen LogP contribution < -0.4 is 4.72 Å². The molecule has 1 aromatic heterocycles. The van der Waals surface area contributed by atoms with Gasteiger partial charge in [-0.1, -0.05) is 5.16 Å². The minimum atomic E-state index is -3.19. The standard InChI is InChI=1S/C13H22N4O4S/c1-20-8-12-14-13(21-15-12)7-17-5-10(9-3-4-9)11(6-17)16-22(2,18)19/h9-11,16H,3-8H2,1-2H3/t10-,11+/m1/s1. The highest BCUT2D eigenvalue weighted by Gasteiger charge is 2.43. The molecule has 1 aromatic rings. The molecule has 2 atom stereocenters. The Balaban J connectivity index is 1.62. The predicted octanol–water partition coefficient (Wildman–Crippen LogP) is -0.0244. The molecule has 0 radical (unpaired) electrons. The number of aromatic nitrogens is 2. The molecule has 1 saturated carbocycles. The summed E-state index contributed by atoms with van der Waals surface area (Å²) in [5.74, 6) is 2.08. The summed E-state index contributed by atoms with van der Waals surface area (Å²) in [6.45, 7) is 2.41. The van der Waals surface area contributed by atoms with Crippen LogP contribution in [-0.4, -0.2) is 56.0 Å². The lowest BCUT2D eigenvalue weighted by Crippen LogP contribution is -2.40. The van der Waals surface area contributed by atoms with Gasteiger partial charge in [0.05, 0.1) is 12.8 Å². The van der Waals surface area contributed by atoms with Gasteiger partial charge in [-0.3, -0.25) is 4.90 Å². The normalized spacial score (nSPS) is 26.6. The molecule has 1 saturated heterocycles. The molecule has 2 heterocycles. The third-order valence-electron chi connectivity index (χ3n) is 4.18. The maximum absolute atomic E-state index is 11.5. The van der Waals surface area contributed by atoms with Gasteiger partial charge in [0.1, 0.15) is 6.61 Å². The van der Waals surface area contributed by atoms with Gasteiger partial charge >= 0.3 is 0 Å². The SMILES string of the molecule is COCc1noc(CN2C[C@H](NS(C)(=O)=O)[C@@H](C3CC3)C2)n1. The van der Waals surface area contributed by atoms with Crippen LogP contribution in [0.25, 0.3) is 0 Å². The van der Waals surface area contributed by atoms with E-state index in [0.29, 0.717) is 43.2 Å². The molecule has 0 bridgehead atoms. The van der Waals surface area contributed by atoms with Crippen molar-refractivity contribution in [2.24, 2.45) is 11.8 Å². The molecule has 9 heteroatoms. The first kappa shape index (κ1) is 15.9. The van der Waals surface area contributed by atoms with E-state index >= 15 is 0 Å². The van der Waals surface area contributed by atoms with Gasteiger partial charge in [0, 0.05) is 26.2 Å². The predicted molar refractivity (Wildman–Crippen MR) is 78.3 cm³/mol. The van der Waals surface area contributed by atoms with Crippen molar-refractivity contribution in [3.63, 3.8) is 0 Å². The molecule has 0 unspecified atom stereocenters. The number of nitrogens with zero attached hydrogens (tertiary/aromatic N) is 3. The van der Waals surface area contributed by atoms with E-state index < -0.39 is 10.0 Å². The Morgan fingerprint density at radius 1 is 1.41 bits per heavy atom. The van der Waals surface area contributed by atoms with E-state index in [-0.39, 0.29) is 6.04 Å². The molecule has 3 rings (SSSR count). The molecule has 1 aliphatic heterocycles. The van der Waals surface area contributed by atoms with Gasteiger partial charge in [-0.2, -0.15) is 4.98 Å². The highest BCUT2D eigenvalue weighted by molar-refractivity contribution is 7.88. The fraction of sp³-hybridized carbons (Fsp3) is 0.846. The lowest BCUT2D eigenvalue weighted by atomic mass is 9.99. The highest BCUT2D eigenvalue weighted by Crippen LogP contribution is 2.41. The summed E-state index contributed by atoms with van der Waals surface area (Å²) in [5, 5.41) is 3.84. The van der Waals surface area contributed by atoms with Crippen LogP contribution in [0.5, 0.6) is 0 Å². The van der Waals surface area contributed by atoms with Crippen molar-refractivity contribution in [1.82, 2.24) is 19.8 Å². The number of ether oxygens (including phenoxy) is 1. The number of likely N-dealkylation sites (tertiary alicyclic amines) is 1. The van der Waals surface area contributed by atoms with Crippen molar-refractivity contribution in [3.05, 3.63) is 11.7 Å². The first-order valence-electron chi connectivity index (χ1n) is 7.44. The third kappa shape index (κ3) is 4.03. The molecule has 8 nitrogen and oxygen atoms in total. The number of hydrogen-bond acceptors (Lipinski definition) is 7. The summed E-state index contributed by atoms with van der Waals surface area (Å²) in [6.07, 6.45) is 3.60. The van der Waals surface area contributed by atoms with Crippen LogP contribution in [0.4, 0.5) is 0 Å². The van der Waals surface area contributed by atoms with Gasteiger partial charge < -0.3 is 9.26 Å². The average Bonchev–Trinajstić information content (AvgIpc) is 3.05. The van der Waals surface area contributed by atoms with Crippen molar-refractivity contribution in [2.75, 3.05) is 26.5 Å². The van der Waals surface area contributed by atoms with Gasteiger partial charge in [-0.25, -0.2) is 13.1 Å². The number of methoxy groups -OCH3 is 1. The smallest absolute Gasteiger partial charge is 0.240 e. The fourth-order valence-electron chi connectivity index (χ4n) is 3.18. The summed E-state index contributed by atoms with van der Waals surface area (Å²) in [7, 11) is -1.61. The first-order valence-corrected chi connectivity index (χ1v) is 9.34. The zero-order valence-corrected chi connectivity index (χ0v) is 13.7. The zero-order valence-electron chi connectivity index (χ0n) is 12.9. The molecule has 22 heavy (non-hydrogen) atoms. The molecule has 0 aromatic carbocycles. The van der Waals surface area contributed by atoms with Gasteiger partial charge in [0.15, 0.2) is 5.82 Å². The summed E-state index contributed by atoms with van der Waals surface area (Å²) < 4.78 is 36.0. The van der Waals surface area contributed by atoms with E-state index in [9.17, 15) is 8.42 Å². The molecule has 2 fully saturated rings. The number of rotatable bonds is 7. The molecule has 2 aliphatic rings. The minimum absolute atomic E-state index is 0.0242. The van der Waals surface area contributed by atoms with Crippen LogP contribution in [-0.2, 0) is 27.9 Å². The Labute approximate surface area is 130 Å². The Kier molecular flexibility index (Phi) is 4.49. The van der Waals surface area contributed by atoms with E-state index in [1.807, 2.05) is 0 Å². The summed E-state index contributed by atoms with van der Waals surface area (Å²) >= 11 is 0. The second-order valence-corrected chi connectivity index (χ2v) is 8.01. The molecule has 0 spiro atoms. The van der Waals surface area contributed by atoms with E-state index in [4.69, 9.17) is 9.26 Å². The van der Waals surface area contributed by atoms with Crippen molar-refractivity contribution < 1.29 is 17.7 Å². The highest BCUT2D eigenvalue weighted by atomic mass is 32.2. The maximum Gasteiger partial charge on any atom is 0.240 e. The molecule has 0 amide bonds. The first-order chi connectivity index (χ1) is 10.4. The molecular formula is C13H22N4O4S. The molecular weight excluding hydrogens is 308 g/mol. The van der Waals surface area contributed by atoms with Crippen molar-refractivity contribution in [1.29, 1.82) is 0 Å². The van der Waals surface area contributed by atoms with Crippen LogP contribution in [0.3, 0.4) is 0 Å². The molecule has 1 N–H and O–H groups in total. The summed E-state index contributed by atoms with van der Waals surface area (Å²) in [6, 6.07) is -0.0242. The number of nitrogens with one attached hydrogen (secondary N) is 1.